The molecule has 2 rings (SSSR count). The summed E-state index contributed by atoms with van der Waals surface area (Å²) in [4.78, 5) is 14.2. The third-order valence-electron chi connectivity index (χ3n) is 2.14. The van der Waals surface area contributed by atoms with Crippen molar-refractivity contribution in [3.8, 4) is 11.4 Å². The van der Waals surface area contributed by atoms with Gasteiger partial charge in [-0.05, 0) is 24.3 Å². The Kier molecular flexibility index (Phi) is 3.10. The molecule has 0 aliphatic carbocycles. The molecule has 0 aliphatic heterocycles. The van der Waals surface area contributed by atoms with Crippen molar-refractivity contribution in [1.82, 2.24) is 15.0 Å². The summed E-state index contributed by atoms with van der Waals surface area (Å²) in [6.45, 7) is 0. The Morgan fingerprint density at radius 3 is 2.29 bits per heavy atom. The van der Waals surface area contributed by atoms with Gasteiger partial charge in [-0.2, -0.15) is 15.0 Å². The molecule has 0 aliphatic rings. The number of hydrogen-bond donors (Lipinski definition) is 1. The summed E-state index contributed by atoms with van der Waals surface area (Å²) in [5.74, 6) is 1.27. The molecule has 0 saturated carbocycles. The Balaban J connectivity index is 2.48. The molecule has 0 atom stereocenters. The number of hydrogen-bond acceptors (Lipinski definition) is 5. The van der Waals surface area contributed by atoms with Gasteiger partial charge in [-0.1, -0.05) is 11.6 Å². The maximum atomic E-state index is 5.83. The van der Waals surface area contributed by atoms with E-state index in [1.165, 1.54) is 0 Å². The van der Waals surface area contributed by atoms with Crippen LogP contribution in [-0.4, -0.2) is 29.0 Å². The van der Waals surface area contributed by atoms with E-state index in [0.717, 1.165) is 5.56 Å². The van der Waals surface area contributed by atoms with Crippen LogP contribution in [0.25, 0.3) is 11.4 Å². The molecule has 0 radical (unpaired) electrons. The van der Waals surface area contributed by atoms with Gasteiger partial charge in [0.2, 0.25) is 11.9 Å². The van der Waals surface area contributed by atoms with Crippen molar-refractivity contribution in [2.75, 3.05) is 24.7 Å². The molecule has 2 N–H and O–H groups in total. The Morgan fingerprint density at radius 1 is 1.06 bits per heavy atom. The van der Waals surface area contributed by atoms with Gasteiger partial charge in [-0.15, -0.1) is 0 Å². The molecule has 0 fully saturated rings. The highest BCUT2D eigenvalue weighted by atomic mass is 35.5. The minimum Gasteiger partial charge on any atom is -0.368 e. The van der Waals surface area contributed by atoms with Crippen molar-refractivity contribution in [3.05, 3.63) is 29.3 Å². The number of benzene rings is 1. The summed E-state index contributed by atoms with van der Waals surface area (Å²) in [6.07, 6.45) is 0. The maximum Gasteiger partial charge on any atom is 0.230 e. The first kappa shape index (κ1) is 11.6. The first-order valence-corrected chi connectivity index (χ1v) is 5.39. The fourth-order valence-corrected chi connectivity index (χ4v) is 1.43. The van der Waals surface area contributed by atoms with E-state index in [4.69, 9.17) is 17.3 Å². The number of nitrogens with two attached hydrogens (primary N) is 1. The Bertz CT molecular complexity index is 524. The average molecular weight is 250 g/mol. The highest BCUT2D eigenvalue weighted by Gasteiger charge is 2.07. The number of nitrogens with zero attached hydrogens (tertiary/aromatic N) is 4. The summed E-state index contributed by atoms with van der Waals surface area (Å²) in [5.41, 5.74) is 6.50. The number of halogens is 1. The second kappa shape index (κ2) is 4.55. The number of rotatable bonds is 2. The molecule has 5 nitrogen and oxygen atoms in total. The molecule has 0 unspecified atom stereocenters. The minimum absolute atomic E-state index is 0.202. The van der Waals surface area contributed by atoms with Crippen molar-refractivity contribution in [2.45, 2.75) is 0 Å². The van der Waals surface area contributed by atoms with E-state index in [0.29, 0.717) is 16.8 Å². The predicted octanol–water partition coefficient (Wildman–Crippen LogP) is 1.84. The van der Waals surface area contributed by atoms with E-state index in [1.807, 2.05) is 26.2 Å². The SMILES string of the molecule is CN(C)c1nc(N)nc(-c2ccc(Cl)cc2)n1. The van der Waals surface area contributed by atoms with Crippen LogP contribution in [-0.2, 0) is 0 Å². The lowest BCUT2D eigenvalue weighted by atomic mass is 10.2. The van der Waals surface area contributed by atoms with Crippen molar-refractivity contribution in [2.24, 2.45) is 0 Å². The smallest absolute Gasteiger partial charge is 0.230 e. The van der Waals surface area contributed by atoms with Gasteiger partial charge in [0.1, 0.15) is 0 Å². The maximum absolute atomic E-state index is 5.83. The molecule has 0 amide bonds. The first-order valence-electron chi connectivity index (χ1n) is 5.01. The molecule has 1 aromatic carbocycles. The number of anilines is 2. The topological polar surface area (TPSA) is 67.9 Å². The summed E-state index contributed by atoms with van der Waals surface area (Å²) in [6, 6.07) is 7.26. The average Bonchev–Trinajstić information content (AvgIpc) is 2.29. The van der Waals surface area contributed by atoms with Gasteiger partial charge in [0.05, 0.1) is 0 Å². The molecule has 88 valence electrons. The van der Waals surface area contributed by atoms with Gasteiger partial charge in [-0.25, -0.2) is 0 Å². The normalized spacial score (nSPS) is 10.3. The van der Waals surface area contributed by atoms with Crippen molar-refractivity contribution < 1.29 is 0 Å². The van der Waals surface area contributed by atoms with Crippen molar-refractivity contribution in [1.29, 1.82) is 0 Å². The third-order valence-corrected chi connectivity index (χ3v) is 2.40. The van der Waals surface area contributed by atoms with Gasteiger partial charge in [0, 0.05) is 24.7 Å². The fraction of sp³-hybridized carbons (Fsp3) is 0.182. The molecule has 1 heterocycles. The van der Waals surface area contributed by atoms with Crippen LogP contribution < -0.4 is 10.6 Å². The summed E-state index contributed by atoms with van der Waals surface area (Å²) in [7, 11) is 3.70. The predicted molar refractivity (Wildman–Crippen MR) is 69.0 cm³/mol. The van der Waals surface area contributed by atoms with Crippen LogP contribution >= 0.6 is 11.6 Å². The Morgan fingerprint density at radius 2 is 1.71 bits per heavy atom. The van der Waals surface area contributed by atoms with E-state index >= 15 is 0 Å². The van der Waals surface area contributed by atoms with Crippen LogP contribution in [0.1, 0.15) is 0 Å². The van der Waals surface area contributed by atoms with Crippen LogP contribution in [0.2, 0.25) is 5.02 Å². The van der Waals surface area contributed by atoms with Crippen LogP contribution in [0, 0.1) is 0 Å². The molecule has 0 saturated heterocycles. The lowest BCUT2D eigenvalue weighted by Gasteiger charge is -2.11. The van der Waals surface area contributed by atoms with Crippen molar-refractivity contribution in [3.63, 3.8) is 0 Å². The van der Waals surface area contributed by atoms with Crippen molar-refractivity contribution >= 4 is 23.5 Å². The number of nitrogen functional groups attached to an aromatic ring is 1. The van der Waals surface area contributed by atoms with E-state index in [9.17, 15) is 0 Å². The molecular formula is C11H12ClN5. The largest absolute Gasteiger partial charge is 0.368 e. The third kappa shape index (κ3) is 2.62. The molecule has 1 aromatic heterocycles. The molecule has 17 heavy (non-hydrogen) atoms. The lowest BCUT2D eigenvalue weighted by molar-refractivity contribution is 0.970. The molecular weight excluding hydrogens is 238 g/mol. The van der Waals surface area contributed by atoms with Gasteiger partial charge in [0.25, 0.3) is 0 Å². The van der Waals surface area contributed by atoms with Crippen LogP contribution in [0.4, 0.5) is 11.9 Å². The lowest BCUT2D eigenvalue weighted by Crippen LogP contribution is -2.15. The summed E-state index contributed by atoms with van der Waals surface area (Å²) in [5, 5.41) is 0.670. The highest BCUT2D eigenvalue weighted by Crippen LogP contribution is 2.20. The van der Waals surface area contributed by atoms with Gasteiger partial charge < -0.3 is 10.6 Å². The van der Waals surface area contributed by atoms with Gasteiger partial charge in [0.15, 0.2) is 5.82 Å². The van der Waals surface area contributed by atoms with Crippen LogP contribution in [0.15, 0.2) is 24.3 Å². The second-order valence-corrected chi connectivity index (χ2v) is 4.15. The molecule has 0 spiro atoms. The summed E-state index contributed by atoms with van der Waals surface area (Å²) >= 11 is 5.83. The van der Waals surface area contributed by atoms with E-state index in [1.54, 1.807) is 17.0 Å². The minimum atomic E-state index is 0.202. The Labute approximate surface area is 104 Å². The second-order valence-electron chi connectivity index (χ2n) is 3.72. The summed E-state index contributed by atoms with van der Waals surface area (Å²) < 4.78 is 0. The molecule has 6 heteroatoms. The zero-order chi connectivity index (χ0) is 12.4. The highest BCUT2D eigenvalue weighted by molar-refractivity contribution is 6.30. The van der Waals surface area contributed by atoms with E-state index in [2.05, 4.69) is 15.0 Å². The standard InChI is InChI=1S/C11H12ClN5/c1-17(2)11-15-9(14-10(13)16-11)7-3-5-8(12)6-4-7/h3-6H,1-2H3,(H2,13,14,15,16). The number of aromatic nitrogens is 3. The van der Waals surface area contributed by atoms with Crippen LogP contribution in [0.5, 0.6) is 0 Å². The molecule has 2 aromatic rings. The van der Waals surface area contributed by atoms with Crippen LogP contribution in [0.3, 0.4) is 0 Å². The zero-order valence-electron chi connectivity index (χ0n) is 9.55. The first-order chi connectivity index (χ1) is 8.06. The molecule has 0 bridgehead atoms. The van der Waals surface area contributed by atoms with Gasteiger partial charge >= 0.3 is 0 Å². The monoisotopic (exact) mass is 249 g/mol. The van der Waals surface area contributed by atoms with Gasteiger partial charge in [-0.3, -0.25) is 0 Å². The Hall–Kier alpha value is -1.88. The quantitative estimate of drug-likeness (QED) is 0.880. The van der Waals surface area contributed by atoms with E-state index < -0.39 is 0 Å². The zero-order valence-corrected chi connectivity index (χ0v) is 10.3. The van der Waals surface area contributed by atoms with E-state index in [-0.39, 0.29) is 5.95 Å². The fourth-order valence-electron chi connectivity index (χ4n) is 1.31.